The van der Waals surface area contributed by atoms with E-state index < -0.39 is 35.1 Å². The number of hydrogen-bond donors (Lipinski definition) is 2. The minimum absolute atomic E-state index is 0.130. The van der Waals surface area contributed by atoms with E-state index in [-0.39, 0.29) is 16.9 Å². The molecule has 2 N–H and O–H groups in total. The fourth-order valence-electron chi connectivity index (χ4n) is 2.41. The van der Waals surface area contributed by atoms with Crippen molar-refractivity contribution >= 4 is 35.0 Å². The highest BCUT2D eigenvalue weighted by Gasteiger charge is 2.17. The van der Waals surface area contributed by atoms with Crippen molar-refractivity contribution in [2.45, 2.75) is 33.3 Å². The van der Waals surface area contributed by atoms with Crippen molar-refractivity contribution in [2.75, 3.05) is 17.2 Å². The van der Waals surface area contributed by atoms with Gasteiger partial charge in [-0.15, -0.1) is 0 Å². The molecule has 0 aliphatic heterocycles. The van der Waals surface area contributed by atoms with E-state index in [1.54, 1.807) is 27.7 Å². The van der Waals surface area contributed by atoms with E-state index in [2.05, 4.69) is 10.6 Å². The van der Waals surface area contributed by atoms with Crippen LogP contribution in [0.4, 0.5) is 21.9 Å². The highest BCUT2D eigenvalue weighted by molar-refractivity contribution is 5.96. The number of nitro groups is 1. The molecule has 0 bridgehead atoms. The Balaban J connectivity index is 1.88. The van der Waals surface area contributed by atoms with E-state index >= 15 is 0 Å². The number of esters is 1. The van der Waals surface area contributed by atoms with E-state index in [0.29, 0.717) is 11.3 Å². The number of amides is 2. The topological polar surface area (TPSA) is 137 Å². The van der Waals surface area contributed by atoms with Crippen molar-refractivity contribution in [2.24, 2.45) is 0 Å². The van der Waals surface area contributed by atoms with Crippen molar-refractivity contribution in [3.05, 3.63) is 63.7 Å². The van der Waals surface area contributed by atoms with Crippen LogP contribution < -0.4 is 10.6 Å². The molecule has 2 aromatic rings. The molecule has 0 aromatic heterocycles. The predicted octanol–water partition coefficient (Wildman–Crippen LogP) is 4.05. The van der Waals surface area contributed by atoms with Crippen molar-refractivity contribution in [3.63, 3.8) is 0 Å². The summed E-state index contributed by atoms with van der Waals surface area (Å²) in [5.41, 5.74) is 0.501. The summed E-state index contributed by atoms with van der Waals surface area (Å²) in [4.78, 5) is 46.3. The molecule has 0 heterocycles. The molecule has 0 atom stereocenters. The van der Waals surface area contributed by atoms with Crippen LogP contribution in [0.15, 0.2) is 42.5 Å². The Bertz CT molecular complexity index is 995. The van der Waals surface area contributed by atoms with Crippen LogP contribution in [0, 0.1) is 17.0 Å². The van der Waals surface area contributed by atoms with Crippen LogP contribution >= 0.6 is 0 Å². The van der Waals surface area contributed by atoms with Crippen LogP contribution in [0.1, 0.15) is 36.7 Å². The molecule has 0 spiro atoms. The van der Waals surface area contributed by atoms with E-state index in [4.69, 9.17) is 9.47 Å². The zero-order chi connectivity index (χ0) is 23.2. The fraction of sp³-hybridized carbons (Fsp3) is 0.286. The van der Waals surface area contributed by atoms with Gasteiger partial charge in [0.1, 0.15) is 5.60 Å². The molecule has 2 aromatic carbocycles. The normalized spacial score (nSPS) is 10.7. The number of ether oxygens (including phenoxy) is 2. The molecule has 0 fully saturated rings. The Morgan fingerprint density at radius 3 is 2.19 bits per heavy atom. The third-order valence-electron chi connectivity index (χ3n) is 3.79. The van der Waals surface area contributed by atoms with E-state index in [9.17, 15) is 24.5 Å². The van der Waals surface area contributed by atoms with Gasteiger partial charge in [-0.25, -0.2) is 9.59 Å². The molecule has 0 aliphatic carbocycles. The van der Waals surface area contributed by atoms with Crippen LogP contribution in [-0.4, -0.2) is 35.1 Å². The lowest BCUT2D eigenvalue weighted by Gasteiger charge is -2.19. The number of benzene rings is 2. The zero-order valence-corrected chi connectivity index (χ0v) is 17.6. The minimum Gasteiger partial charge on any atom is -0.452 e. The Hall–Kier alpha value is -3.95. The number of carbonyl (C=O) groups excluding carboxylic acids is 3. The number of nitrogens with zero attached hydrogens (tertiary/aromatic N) is 1. The molecule has 0 unspecified atom stereocenters. The molecule has 0 aliphatic rings. The fourth-order valence-corrected chi connectivity index (χ4v) is 2.41. The molecular weight excluding hydrogens is 406 g/mol. The standard InChI is InChI=1S/C21H23N3O7/c1-13-5-8-16(11-17(13)24(28)29)22-18(25)12-30-19(26)14-6-9-15(10-7-14)23-20(27)31-21(2,3)4/h5-11H,12H2,1-4H3,(H,22,25)(H,23,27). The quantitative estimate of drug-likeness (QED) is 0.401. The molecular formula is C21H23N3O7. The van der Waals surface area contributed by atoms with Gasteiger partial charge in [-0.2, -0.15) is 0 Å². The molecule has 31 heavy (non-hydrogen) atoms. The van der Waals surface area contributed by atoms with Crippen LogP contribution in [0.3, 0.4) is 0 Å². The van der Waals surface area contributed by atoms with Gasteiger partial charge in [-0.05, 0) is 58.0 Å². The van der Waals surface area contributed by atoms with Gasteiger partial charge in [0.25, 0.3) is 11.6 Å². The first kappa shape index (κ1) is 23.3. The van der Waals surface area contributed by atoms with Crippen molar-refractivity contribution in [3.8, 4) is 0 Å². The summed E-state index contributed by atoms with van der Waals surface area (Å²) in [5.74, 6) is -1.39. The van der Waals surface area contributed by atoms with Crippen molar-refractivity contribution in [1.82, 2.24) is 0 Å². The summed E-state index contributed by atoms with van der Waals surface area (Å²) < 4.78 is 10.1. The molecule has 10 nitrogen and oxygen atoms in total. The molecule has 2 amide bonds. The van der Waals surface area contributed by atoms with Gasteiger partial charge in [-0.3, -0.25) is 20.2 Å². The maximum absolute atomic E-state index is 12.1. The first-order valence-electron chi connectivity index (χ1n) is 9.27. The van der Waals surface area contributed by atoms with Gasteiger partial charge in [0, 0.05) is 23.0 Å². The Kier molecular flexibility index (Phi) is 7.30. The van der Waals surface area contributed by atoms with E-state index in [1.807, 2.05) is 0 Å². The first-order chi connectivity index (χ1) is 14.4. The van der Waals surface area contributed by atoms with Crippen LogP contribution in [0.5, 0.6) is 0 Å². The van der Waals surface area contributed by atoms with Crippen LogP contribution in [0.2, 0.25) is 0 Å². The lowest BCUT2D eigenvalue weighted by molar-refractivity contribution is -0.385. The first-order valence-corrected chi connectivity index (χ1v) is 9.27. The summed E-state index contributed by atoms with van der Waals surface area (Å²) in [6.45, 7) is 6.23. The van der Waals surface area contributed by atoms with Gasteiger partial charge in [0.15, 0.2) is 6.61 Å². The SMILES string of the molecule is Cc1ccc(NC(=O)COC(=O)c2ccc(NC(=O)OC(C)(C)C)cc2)cc1[N+](=O)[O-]. The van der Waals surface area contributed by atoms with Gasteiger partial charge >= 0.3 is 12.1 Å². The van der Waals surface area contributed by atoms with Gasteiger partial charge in [0.05, 0.1) is 10.5 Å². The second kappa shape index (κ2) is 9.70. The number of nitrogens with one attached hydrogen (secondary N) is 2. The molecule has 0 radical (unpaired) electrons. The maximum atomic E-state index is 12.1. The largest absolute Gasteiger partial charge is 0.452 e. The monoisotopic (exact) mass is 429 g/mol. The molecule has 0 saturated carbocycles. The van der Waals surface area contributed by atoms with Crippen molar-refractivity contribution < 1.29 is 28.8 Å². The molecule has 2 rings (SSSR count). The van der Waals surface area contributed by atoms with Gasteiger partial charge < -0.3 is 14.8 Å². The number of rotatable bonds is 6. The number of hydrogen-bond acceptors (Lipinski definition) is 7. The molecule has 164 valence electrons. The third kappa shape index (κ3) is 7.42. The lowest BCUT2D eigenvalue weighted by atomic mass is 10.2. The highest BCUT2D eigenvalue weighted by Crippen LogP contribution is 2.22. The Morgan fingerprint density at radius 2 is 1.61 bits per heavy atom. The second-order valence-corrected chi connectivity index (χ2v) is 7.59. The average Bonchev–Trinajstić information content (AvgIpc) is 2.66. The number of carbonyl (C=O) groups is 3. The summed E-state index contributed by atoms with van der Waals surface area (Å²) in [5, 5.41) is 15.9. The van der Waals surface area contributed by atoms with Gasteiger partial charge in [0.2, 0.25) is 0 Å². The Labute approximate surface area is 178 Å². The summed E-state index contributed by atoms with van der Waals surface area (Å²) in [7, 11) is 0. The highest BCUT2D eigenvalue weighted by atomic mass is 16.6. The van der Waals surface area contributed by atoms with Crippen LogP contribution in [-0.2, 0) is 14.3 Å². The number of nitro benzene ring substituents is 1. The summed E-state index contributed by atoms with van der Waals surface area (Å²) in [6, 6.07) is 10.1. The predicted molar refractivity (Wildman–Crippen MR) is 113 cm³/mol. The molecule has 10 heteroatoms. The lowest BCUT2D eigenvalue weighted by Crippen LogP contribution is -2.27. The minimum atomic E-state index is -0.742. The Morgan fingerprint density at radius 1 is 1.00 bits per heavy atom. The van der Waals surface area contributed by atoms with Crippen LogP contribution in [0.25, 0.3) is 0 Å². The molecule has 0 saturated heterocycles. The summed E-state index contributed by atoms with van der Waals surface area (Å²) in [6.07, 6.45) is -0.629. The third-order valence-corrected chi connectivity index (χ3v) is 3.79. The number of aryl methyl sites for hydroxylation is 1. The smallest absolute Gasteiger partial charge is 0.412 e. The zero-order valence-electron chi connectivity index (χ0n) is 17.6. The van der Waals surface area contributed by atoms with Crippen molar-refractivity contribution in [1.29, 1.82) is 0 Å². The average molecular weight is 429 g/mol. The van der Waals surface area contributed by atoms with E-state index in [0.717, 1.165) is 0 Å². The second-order valence-electron chi connectivity index (χ2n) is 7.59. The summed E-state index contributed by atoms with van der Waals surface area (Å²) >= 11 is 0. The number of anilines is 2. The van der Waals surface area contributed by atoms with E-state index in [1.165, 1.54) is 42.5 Å². The van der Waals surface area contributed by atoms with Gasteiger partial charge in [-0.1, -0.05) is 6.07 Å². The maximum Gasteiger partial charge on any atom is 0.412 e.